The topological polar surface area (TPSA) is 135 Å². The van der Waals surface area contributed by atoms with Crippen molar-refractivity contribution in [3.63, 3.8) is 0 Å². The van der Waals surface area contributed by atoms with Gasteiger partial charge in [-0.15, -0.1) is 0 Å². The normalized spacial score (nSPS) is 12.6. The largest absolute Gasteiger partial charge is 0.394 e. The van der Waals surface area contributed by atoms with Crippen LogP contribution in [-0.2, 0) is 0 Å². The second-order valence-corrected chi connectivity index (χ2v) is 3.57. The lowest BCUT2D eigenvalue weighted by Crippen LogP contribution is -2.23. The maximum absolute atomic E-state index is 11.0. The van der Waals surface area contributed by atoms with E-state index in [2.05, 4.69) is 20.3 Å². The van der Waals surface area contributed by atoms with Gasteiger partial charge in [0.2, 0.25) is 5.52 Å². The number of nitrogens with one attached hydrogen (secondary N) is 1. The molecule has 0 amide bonds. The lowest BCUT2D eigenvalue weighted by Gasteiger charge is -2.10. The van der Waals surface area contributed by atoms with Crippen molar-refractivity contribution in [2.24, 2.45) is 0 Å². The number of nitro benzene ring substituents is 1. The first-order valence-corrected chi connectivity index (χ1v) is 5.06. The molecule has 2 aromatic rings. The van der Waals surface area contributed by atoms with Crippen LogP contribution in [0.5, 0.6) is 0 Å². The second kappa shape index (κ2) is 4.94. The van der Waals surface area contributed by atoms with E-state index in [9.17, 15) is 15.2 Å². The summed E-state index contributed by atoms with van der Waals surface area (Å²) in [5, 5.41) is 38.5. The van der Waals surface area contributed by atoms with Crippen molar-refractivity contribution in [3.05, 3.63) is 22.2 Å². The molecule has 0 radical (unpaired) electrons. The lowest BCUT2D eigenvalue weighted by molar-refractivity contribution is -0.382. The molecule has 0 aliphatic rings. The third kappa shape index (κ3) is 2.21. The van der Waals surface area contributed by atoms with Crippen LogP contribution in [0.3, 0.4) is 0 Å². The molecular formula is C9H10N4O5. The summed E-state index contributed by atoms with van der Waals surface area (Å²) in [6.45, 7) is -0.456. The van der Waals surface area contributed by atoms with Crippen LogP contribution in [0.2, 0.25) is 0 Å². The zero-order chi connectivity index (χ0) is 13.1. The highest BCUT2D eigenvalue weighted by molar-refractivity contribution is 5.90. The molecule has 9 nitrogen and oxygen atoms in total. The minimum Gasteiger partial charge on any atom is -0.394 e. The summed E-state index contributed by atoms with van der Waals surface area (Å²) < 4.78 is 4.44. The molecule has 0 saturated carbocycles. The molecule has 18 heavy (non-hydrogen) atoms. The third-order valence-corrected chi connectivity index (χ3v) is 2.32. The van der Waals surface area contributed by atoms with Gasteiger partial charge in [-0.2, -0.15) is 0 Å². The summed E-state index contributed by atoms with van der Waals surface area (Å²) in [6.07, 6.45) is -1.00. The number of fused-ring (bicyclic) bond motifs is 1. The molecule has 9 heteroatoms. The van der Waals surface area contributed by atoms with E-state index in [1.807, 2.05) is 0 Å². The Morgan fingerprint density at radius 1 is 1.50 bits per heavy atom. The lowest BCUT2D eigenvalue weighted by atomic mass is 10.2. The number of hydrogen-bond donors (Lipinski definition) is 3. The van der Waals surface area contributed by atoms with Crippen molar-refractivity contribution in [2.75, 3.05) is 18.5 Å². The Labute approximate surface area is 100 Å². The summed E-state index contributed by atoms with van der Waals surface area (Å²) in [6, 6.07) is 2.95. The minimum absolute atomic E-state index is 0.0197. The summed E-state index contributed by atoms with van der Waals surface area (Å²) in [5.41, 5.74) is 0.202. The Kier molecular flexibility index (Phi) is 3.35. The monoisotopic (exact) mass is 254 g/mol. The fourth-order valence-electron chi connectivity index (χ4n) is 1.46. The van der Waals surface area contributed by atoms with Crippen LogP contribution in [0.25, 0.3) is 11.0 Å². The molecule has 0 bridgehead atoms. The minimum atomic E-state index is -1.00. The van der Waals surface area contributed by atoms with Gasteiger partial charge in [-0.25, -0.2) is 4.63 Å². The number of aliphatic hydroxyl groups excluding tert-OH is 2. The average Bonchev–Trinajstić information content (AvgIpc) is 2.82. The van der Waals surface area contributed by atoms with E-state index in [1.54, 1.807) is 0 Å². The van der Waals surface area contributed by atoms with Gasteiger partial charge >= 0.3 is 5.69 Å². The molecular weight excluding hydrogens is 244 g/mol. The average molecular weight is 254 g/mol. The number of anilines is 1. The van der Waals surface area contributed by atoms with Gasteiger partial charge in [-0.3, -0.25) is 10.1 Å². The van der Waals surface area contributed by atoms with E-state index in [-0.39, 0.29) is 29.0 Å². The maximum atomic E-state index is 11.0. The molecule has 3 N–H and O–H groups in total. The van der Waals surface area contributed by atoms with Crippen LogP contribution >= 0.6 is 0 Å². The van der Waals surface area contributed by atoms with Gasteiger partial charge < -0.3 is 15.5 Å². The Bertz CT molecular complexity index is 569. The van der Waals surface area contributed by atoms with Crippen LogP contribution in [0.4, 0.5) is 11.4 Å². The quantitative estimate of drug-likeness (QED) is 0.497. The van der Waals surface area contributed by atoms with Crippen molar-refractivity contribution in [2.45, 2.75) is 6.10 Å². The van der Waals surface area contributed by atoms with E-state index >= 15 is 0 Å². The fourth-order valence-corrected chi connectivity index (χ4v) is 1.46. The van der Waals surface area contributed by atoms with Gasteiger partial charge in [0.15, 0.2) is 0 Å². The van der Waals surface area contributed by atoms with Crippen molar-refractivity contribution >= 4 is 22.4 Å². The Balaban J connectivity index is 2.37. The van der Waals surface area contributed by atoms with Gasteiger partial charge in [-0.1, -0.05) is 0 Å². The smallest absolute Gasteiger partial charge is 0.323 e. The fraction of sp³-hybridized carbons (Fsp3) is 0.333. The Morgan fingerprint density at radius 3 is 2.94 bits per heavy atom. The summed E-state index contributed by atoms with van der Waals surface area (Å²) in [7, 11) is 0. The van der Waals surface area contributed by atoms with Gasteiger partial charge in [0.05, 0.1) is 17.6 Å². The molecule has 0 aliphatic heterocycles. The number of benzene rings is 1. The zero-order valence-electron chi connectivity index (χ0n) is 9.11. The summed E-state index contributed by atoms with van der Waals surface area (Å²) >= 11 is 0. The molecule has 0 spiro atoms. The Morgan fingerprint density at radius 2 is 2.28 bits per heavy atom. The summed E-state index contributed by atoms with van der Waals surface area (Å²) in [5.74, 6) is 0. The number of aliphatic hydroxyl groups is 2. The molecule has 0 aliphatic carbocycles. The van der Waals surface area contributed by atoms with Gasteiger partial charge in [0.1, 0.15) is 11.2 Å². The molecule has 0 fully saturated rings. The first-order valence-electron chi connectivity index (χ1n) is 5.06. The van der Waals surface area contributed by atoms with Crippen LogP contribution < -0.4 is 5.32 Å². The highest BCUT2D eigenvalue weighted by Gasteiger charge is 2.22. The number of aromatic nitrogens is 2. The molecule has 96 valence electrons. The highest BCUT2D eigenvalue weighted by atomic mass is 16.6. The highest BCUT2D eigenvalue weighted by Crippen LogP contribution is 2.31. The molecule has 1 unspecified atom stereocenters. The molecule has 1 atom stereocenters. The molecule has 2 rings (SSSR count). The van der Waals surface area contributed by atoms with Gasteiger partial charge in [0.25, 0.3) is 0 Å². The Hall–Kier alpha value is -2.26. The van der Waals surface area contributed by atoms with E-state index in [0.29, 0.717) is 0 Å². The molecule has 1 aromatic carbocycles. The van der Waals surface area contributed by atoms with E-state index in [0.717, 1.165) is 0 Å². The van der Waals surface area contributed by atoms with Crippen molar-refractivity contribution in [1.82, 2.24) is 10.3 Å². The number of nitro groups is 1. The van der Waals surface area contributed by atoms with Gasteiger partial charge in [0, 0.05) is 6.54 Å². The number of hydrogen-bond acceptors (Lipinski definition) is 8. The second-order valence-electron chi connectivity index (χ2n) is 3.57. The molecule has 1 aromatic heterocycles. The predicted octanol–water partition coefficient (Wildman–Crippen LogP) is -0.104. The van der Waals surface area contributed by atoms with Crippen molar-refractivity contribution in [3.8, 4) is 0 Å². The van der Waals surface area contributed by atoms with Crippen molar-refractivity contribution in [1.29, 1.82) is 0 Å². The van der Waals surface area contributed by atoms with E-state index in [4.69, 9.17) is 5.11 Å². The SMILES string of the molecule is O=[N+]([O-])c1c(NCC(O)CO)ccc2nonc12. The van der Waals surface area contributed by atoms with Crippen LogP contribution in [0.15, 0.2) is 16.8 Å². The molecule has 0 saturated heterocycles. The predicted molar refractivity (Wildman–Crippen MR) is 60.0 cm³/mol. The van der Waals surface area contributed by atoms with Crippen LogP contribution in [-0.4, -0.2) is 44.7 Å². The van der Waals surface area contributed by atoms with Gasteiger partial charge in [-0.05, 0) is 22.4 Å². The zero-order valence-corrected chi connectivity index (χ0v) is 9.11. The van der Waals surface area contributed by atoms with Crippen LogP contribution in [0.1, 0.15) is 0 Å². The number of nitrogens with zero attached hydrogens (tertiary/aromatic N) is 3. The first kappa shape index (κ1) is 12.2. The maximum Gasteiger partial charge on any atom is 0.323 e. The first-order chi connectivity index (χ1) is 8.63. The third-order valence-electron chi connectivity index (χ3n) is 2.32. The standard InChI is InChI=1S/C9H10N4O5/c14-4-5(15)3-10-7-2-1-6-8(12-18-11-6)9(7)13(16)17/h1-2,5,10,14-15H,3-4H2. The van der Waals surface area contributed by atoms with Crippen molar-refractivity contribution < 1.29 is 19.8 Å². The van der Waals surface area contributed by atoms with E-state index in [1.165, 1.54) is 12.1 Å². The summed E-state index contributed by atoms with van der Waals surface area (Å²) in [4.78, 5) is 10.4. The number of rotatable bonds is 5. The molecule has 1 heterocycles. The van der Waals surface area contributed by atoms with Crippen LogP contribution in [0, 0.1) is 10.1 Å². The van der Waals surface area contributed by atoms with E-state index < -0.39 is 17.6 Å².